The Morgan fingerprint density at radius 2 is 1.94 bits per heavy atom. The molecule has 1 rings (SSSR count). The Balaban J connectivity index is 3.05. The maximum Gasteiger partial charge on any atom is 0.328 e. The van der Waals surface area contributed by atoms with Gasteiger partial charge in [-0.15, -0.1) is 0 Å². The molecule has 0 saturated carbocycles. The maximum absolute atomic E-state index is 10.4. The summed E-state index contributed by atoms with van der Waals surface area (Å²) in [4.78, 5) is 10.4. The van der Waals surface area contributed by atoms with Gasteiger partial charge < -0.3 is 10.8 Å². The zero-order chi connectivity index (χ0) is 12.3. The highest BCUT2D eigenvalue weighted by molar-refractivity contribution is 5.79. The molecule has 16 heavy (non-hydrogen) atoms. The first-order valence-corrected chi connectivity index (χ1v) is 5.17. The number of hydrogen-bond donors (Lipinski definition) is 2. The van der Waals surface area contributed by atoms with Crippen molar-refractivity contribution in [2.45, 2.75) is 26.8 Å². The van der Waals surface area contributed by atoms with Crippen LogP contribution < -0.4 is 5.73 Å². The van der Waals surface area contributed by atoms with Crippen LogP contribution in [0.25, 0.3) is 0 Å². The second-order valence-electron chi connectivity index (χ2n) is 3.94. The van der Waals surface area contributed by atoms with Crippen LogP contribution in [0.1, 0.15) is 28.3 Å². The average Bonchev–Trinajstić information content (AvgIpc) is 2.23. The molecule has 3 heteroatoms. The molecular weight excluding hydrogens is 202 g/mol. The van der Waals surface area contributed by atoms with Crippen molar-refractivity contribution < 1.29 is 9.90 Å². The first kappa shape index (κ1) is 12.5. The van der Waals surface area contributed by atoms with Crippen LogP contribution in [0.15, 0.2) is 24.3 Å². The fraction of sp³-hybridized carbons (Fsp3) is 0.308. The van der Waals surface area contributed by atoms with Gasteiger partial charge in [-0.1, -0.05) is 18.2 Å². The van der Waals surface area contributed by atoms with Gasteiger partial charge in [-0.3, -0.25) is 0 Å². The number of carbonyl (C=O) groups is 1. The Hall–Kier alpha value is -1.61. The zero-order valence-corrected chi connectivity index (χ0v) is 9.82. The molecule has 0 aromatic heterocycles. The number of hydrogen-bond acceptors (Lipinski definition) is 2. The summed E-state index contributed by atoms with van der Waals surface area (Å²) in [5.74, 6) is -0.975. The number of aliphatic carboxylic acids is 1. The Morgan fingerprint density at radius 1 is 1.31 bits per heavy atom. The van der Waals surface area contributed by atoms with E-state index < -0.39 is 5.97 Å². The van der Waals surface area contributed by atoms with E-state index in [-0.39, 0.29) is 6.04 Å². The van der Waals surface area contributed by atoms with Gasteiger partial charge in [0.25, 0.3) is 0 Å². The number of carboxylic acid groups (broad SMARTS) is 1. The lowest BCUT2D eigenvalue weighted by molar-refractivity contribution is -0.131. The van der Waals surface area contributed by atoms with Gasteiger partial charge in [0, 0.05) is 12.1 Å². The third-order valence-corrected chi connectivity index (χ3v) is 2.91. The summed E-state index contributed by atoms with van der Waals surface area (Å²) in [7, 11) is 0. The molecule has 1 atom stereocenters. The molecule has 1 unspecified atom stereocenters. The molecule has 3 nitrogen and oxygen atoms in total. The van der Waals surface area contributed by atoms with E-state index in [1.54, 1.807) is 0 Å². The van der Waals surface area contributed by atoms with Crippen molar-refractivity contribution in [2.24, 2.45) is 5.73 Å². The first-order chi connectivity index (χ1) is 7.43. The SMILES string of the molecule is Cc1ccc(C(N)/C=C/C(=O)O)c(C)c1C. The van der Waals surface area contributed by atoms with Gasteiger partial charge >= 0.3 is 5.97 Å². The minimum Gasteiger partial charge on any atom is -0.478 e. The lowest BCUT2D eigenvalue weighted by Gasteiger charge is -2.14. The summed E-state index contributed by atoms with van der Waals surface area (Å²) in [6.45, 7) is 6.10. The molecule has 0 aliphatic rings. The summed E-state index contributed by atoms with van der Waals surface area (Å²) < 4.78 is 0. The van der Waals surface area contributed by atoms with Crippen molar-refractivity contribution in [3.8, 4) is 0 Å². The third kappa shape index (κ3) is 2.70. The van der Waals surface area contributed by atoms with Crippen molar-refractivity contribution in [3.05, 3.63) is 46.5 Å². The fourth-order valence-corrected chi connectivity index (χ4v) is 1.63. The Bertz CT molecular complexity index is 436. The predicted octanol–water partition coefficient (Wildman–Crippen LogP) is 2.25. The van der Waals surface area contributed by atoms with E-state index in [2.05, 4.69) is 0 Å². The third-order valence-electron chi connectivity index (χ3n) is 2.91. The van der Waals surface area contributed by atoms with Gasteiger partial charge in [0.05, 0.1) is 0 Å². The minimum absolute atomic E-state index is 0.365. The van der Waals surface area contributed by atoms with Crippen LogP contribution in [0.5, 0.6) is 0 Å². The molecule has 0 bridgehead atoms. The van der Waals surface area contributed by atoms with Crippen LogP contribution in [0.2, 0.25) is 0 Å². The number of aryl methyl sites for hydroxylation is 1. The maximum atomic E-state index is 10.4. The van der Waals surface area contributed by atoms with Crippen LogP contribution in [0.3, 0.4) is 0 Å². The molecule has 86 valence electrons. The summed E-state index contributed by atoms with van der Waals surface area (Å²) in [5, 5.41) is 8.53. The molecular formula is C13H17NO2. The number of carboxylic acids is 1. The van der Waals surface area contributed by atoms with Crippen molar-refractivity contribution in [2.75, 3.05) is 0 Å². The summed E-state index contributed by atoms with van der Waals surface area (Å²) in [5.41, 5.74) is 10.4. The topological polar surface area (TPSA) is 63.3 Å². The quantitative estimate of drug-likeness (QED) is 0.766. The Morgan fingerprint density at radius 3 is 2.50 bits per heavy atom. The second-order valence-corrected chi connectivity index (χ2v) is 3.94. The molecule has 1 aromatic carbocycles. The number of rotatable bonds is 3. The molecule has 0 aliphatic heterocycles. The van der Waals surface area contributed by atoms with Crippen molar-refractivity contribution in [3.63, 3.8) is 0 Å². The van der Waals surface area contributed by atoms with Gasteiger partial charge in [0.15, 0.2) is 0 Å². The molecule has 1 aromatic rings. The van der Waals surface area contributed by atoms with Crippen LogP contribution in [0, 0.1) is 20.8 Å². The monoisotopic (exact) mass is 219 g/mol. The highest BCUT2D eigenvalue weighted by atomic mass is 16.4. The summed E-state index contributed by atoms with van der Waals surface area (Å²) >= 11 is 0. The van der Waals surface area contributed by atoms with E-state index in [0.29, 0.717) is 0 Å². The Labute approximate surface area is 95.6 Å². The number of benzene rings is 1. The van der Waals surface area contributed by atoms with Crippen LogP contribution in [-0.4, -0.2) is 11.1 Å². The lowest BCUT2D eigenvalue weighted by Crippen LogP contribution is -2.10. The Kier molecular flexibility index (Phi) is 3.85. The summed E-state index contributed by atoms with van der Waals surface area (Å²) in [6, 6.07) is 3.59. The van der Waals surface area contributed by atoms with E-state index in [4.69, 9.17) is 10.8 Å². The predicted molar refractivity (Wildman–Crippen MR) is 64.4 cm³/mol. The van der Waals surface area contributed by atoms with E-state index in [1.807, 2.05) is 32.9 Å². The van der Waals surface area contributed by atoms with Gasteiger partial charge in [0.2, 0.25) is 0 Å². The smallest absolute Gasteiger partial charge is 0.328 e. The standard InChI is InChI=1S/C13H17NO2/c1-8-4-5-11(10(3)9(8)2)12(14)6-7-13(15)16/h4-7,12H,14H2,1-3H3,(H,15,16)/b7-6+. The second kappa shape index (κ2) is 4.94. The molecule has 0 radical (unpaired) electrons. The van der Waals surface area contributed by atoms with Crippen LogP contribution >= 0.6 is 0 Å². The largest absolute Gasteiger partial charge is 0.478 e. The summed E-state index contributed by atoms with van der Waals surface area (Å²) in [6.07, 6.45) is 2.58. The fourth-order valence-electron chi connectivity index (χ4n) is 1.63. The molecule has 0 amide bonds. The zero-order valence-electron chi connectivity index (χ0n) is 9.82. The molecule has 3 N–H and O–H groups in total. The van der Waals surface area contributed by atoms with Gasteiger partial charge in [-0.25, -0.2) is 4.79 Å². The van der Waals surface area contributed by atoms with Gasteiger partial charge in [-0.2, -0.15) is 0 Å². The van der Waals surface area contributed by atoms with E-state index in [1.165, 1.54) is 17.2 Å². The highest BCUT2D eigenvalue weighted by Gasteiger charge is 2.08. The minimum atomic E-state index is -0.975. The number of nitrogens with two attached hydrogens (primary N) is 1. The highest BCUT2D eigenvalue weighted by Crippen LogP contribution is 2.22. The van der Waals surface area contributed by atoms with Crippen molar-refractivity contribution in [1.29, 1.82) is 0 Å². The average molecular weight is 219 g/mol. The molecule has 0 fully saturated rings. The first-order valence-electron chi connectivity index (χ1n) is 5.17. The van der Waals surface area contributed by atoms with E-state index in [0.717, 1.165) is 17.2 Å². The van der Waals surface area contributed by atoms with Crippen LogP contribution in [0.4, 0.5) is 0 Å². The van der Waals surface area contributed by atoms with Crippen molar-refractivity contribution >= 4 is 5.97 Å². The van der Waals surface area contributed by atoms with Crippen molar-refractivity contribution in [1.82, 2.24) is 0 Å². The molecule has 0 saturated heterocycles. The molecule has 0 spiro atoms. The van der Waals surface area contributed by atoms with E-state index in [9.17, 15) is 4.79 Å². The molecule has 0 aliphatic carbocycles. The van der Waals surface area contributed by atoms with E-state index >= 15 is 0 Å². The normalized spacial score (nSPS) is 13.0. The lowest BCUT2D eigenvalue weighted by atomic mass is 9.94. The van der Waals surface area contributed by atoms with Gasteiger partial charge in [0.1, 0.15) is 0 Å². The molecule has 0 heterocycles. The van der Waals surface area contributed by atoms with Crippen LogP contribution in [-0.2, 0) is 4.79 Å². The van der Waals surface area contributed by atoms with Gasteiger partial charge in [-0.05, 0) is 43.0 Å².